The number of aromatic nitrogens is 2. The van der Waals surface area contributed by atoms with Gasteiger partial charge in [0, 0.05) is 23.1 Å². The van der Waals surface area contributed by atoms with E-state index in [1.807, 2.05) is 24.4 Å². The molecule has 190 valence electrons. The monoisotopic (exact) mass is 515 g/mol. The zero-order valence-corrected chi connectivity index (χ0v) is 22.2. The molecule has 0 radical (unpaired) electrons. The van der Waals surface area contributed by atoms with Gasteiger partial charge in [-0.3, -0.25) is 19.0 Å². The summed E-state index contributed by atoms with van der Waals surface area (Å²) >= 11 is 1.42. The van der Waals surface area contributed by atoms with Gasteiger partial charge in [0.1, 0.15) is 10.6 Å². The molecule has 1 aliphatic heterocycles. The van der Waals surface area contributed by atoms with E-state index in [-0.39, 0.29) is 23.9 Å². The average Bonchev–Trinajstić information content (AvgIpc) is 3.35. The number of ketones is 1. The molecule has 5 rings (SSSR count). The van der Waals surface area contributed by atoms with Crippen molar-refractivity contribution in [1.29, 1.82) is 0 Å². The third kappa shape index (κ3) is 4.46. The number of amides is 1. The number of anilines is 1. The van der Waals surface area contributed by atoms with Gasteiger partial charge in [0.25, 0.3) is 11.5 Å². The summed E-state index contributed by atoms with van der Waals surface area (Å²) < 4.78 is 6.96. The molecule has 0 saturated carbocycles. The number of benzene rings is 2. The number of thiophene rings is 1. The highest BCUT2D eigenvalue weighted by atomic mass is 32.1. The van der Waals surface area contributed by atoms with Crippen LogP contribution in [0, 0.1) is 0 Å². The fraction of sp³-hybridized carbons (Fsp3) is 0.310. The van der Waals surface area contributed by atoms with Crippen LogP contribution in [0.25, 0.3) is 21.3 Å². The Hall–Kier alpha value is -3.78. The van der Waals surface area contributed by atoms with Crippen LogP contribution in [0.3, 0.4) is 0 Å². The summed E-state index contributed by atoms with van der Waals surface area (Å²) in [4.78, 5) is 46.4. The Kier molecular flexibility index (Phi) is 6.69. The van der Waals surface area contributed by atoms with Gasteiger partial charge >= 0.3 is 0 Å². The van der Waals surface area contributed by atoms with E-state index < -0.39 is 6.04 Å². The van der Waals surface area contributed by atoms with Crippen LogP contribution in [0.15, 0.2) is 59.0 Å². The molecule has 0 spiro atoms. The minimum atomic E-state index is -0.779. The molecule has 0 N–H and O–H groups in total. The fourth-order valence-electron chi connectivity index (χ4n) is 4.67. The van der Waals surface area contributed by atoms with Crippen molar-refractivity contribution in [3.8, 4) is 16.9 Å². The zero-order valence-electron chi connectivity index (χ0n) is 21.4. The maximum Gasteiger partial charge on any atom is 0.265 e. The first-order valence-corrected chi connectivity index (χ1v) is 13.4. The predicted molar refractivity (Wildman–Crippen MR) is 147 cm³/mol. The highest BCUT2D eigenvalue weighted by Gasteiger charge is 2.28. The molecule has 1 unspecified atom stereocenters. The number of fused-ring (bicyclic) bond motifs is 2. The third-order valence-electron chi connectivity index (χ3n) is 6.84. The lowest BCUT2D eigenvalue weighted by molar-refractivity contribution is -0.121. The Morgan fingerprint density at radius 2 is 1.86 bits per heavy atom. The van der Waals surface area contributed by atoms with Crippen LogP contribution in [-0.2, 0) is 4.79 Å². The summed E-state index contributed by atoms with van der Waals surface area (Å²) in [5, 5.41) is 2.46. The van der Waals surface area contributed by atoms with Crippen LogP contribution in [0.2, 0.25) is 0 Å². The van der Waals surface area contributed by atoms with E-state index in [2.05, 4.69) is 31.0 Å². The van der Waals surface area contributed by atoms with Gasteiger partial charge in [-0.1, -0.05) is 45.0 Å². The summed E-state index contributed by atoms with van der Waals surface area (Å²) in [6.07, 6.45) is 2.23. The second-order valence-electron chi connectivity index (χ2n) is 9.62. The largest absolute Gasteiger partial charge is 0.482 e. The Balaban J connectivity index is 1.51. The van der Waals surface area contributed by atoms with Crippen molar-refractivity contribution in [2.45, 2.75) is 46.1 Å². The van der Waals surface area contributed by atoms with Gasteiger partial charge in [-0.2, -0.15) is 0 Å². The zero-order chi connectivity index (χ0) is 26.3. The molecule has 2 aromatic heterocycles. The van der Waals surface area contributed by atoms with E-state index in [1.54, 1.807) is 30.0 Å². The molecule has 0 fully saturated rings. The van der Waals surface area contributed by atoms with E-state index in [0.29, 0.717) is 39.7 Å². The topological polar surface area (TPSA) is 81.5 Å². The second kappa shape index (κ2) is 9.94. The highest BCUT2D eigenvalue weighted by molar-refractivity contribution is 7.17. The molecule has 4 aromatic rings. The molecule has 1 atom stereocenters. The number of hydrogen-bond donors (Lipinski definition) is 0. The van der Waals surface area contributed by atoms with Crippen molar-refractivity contribution < 1.29 is 14.3 Å². The van der Waals surface area contributed by atoms with Gasteiger partial charge in [-0.25, -0.2) is 4.98 Å². The molecule has 3 heterocycles. The molecule has 1 amide bonds. The smallest absolute Gasteiger partial charge is 0.265 e. The molecule has 0 saturated heterocycles. The van der Waals surface area contributed by atoms with Crippen molar-refractivity contribution in [3.05, 3.63) is 75.7 Å². The summed E-state index contributed by atoms with van der Waals surface area (Å²) in [7, 11) is 0. The van der Waals surface area contributed by atoms with Crippen molar-refractivity contribution in [3.63, 3.8) is 0 Å². The number of nitrogens with zero attached hydrogens (tertiary/aromatic N) is 3. The average molecular weight is 516 g/mol. The molecule has 0 aliphatic carbocycles. The summed E-state index contributed by atoms with van der Waals surface area (Å²) in [6, 6.07) is 12.5. The molecule has 2 aromatic carbocycles. The first-order chi connectivity index (χ1) is 17.8. The summed E-state index contributed by atoms with van der Waals surface area (Å²) in [5.74, 6) is 0.619. The van der Waals surface area contributed by atoms with E-state index in [0.717, 1.165) is 17.5 Å². The SMILES string of the molecule is CCCN1C(=O)COc2ccc(C(=O)C(C)n3cnc4scc(-c5ccc(C(C)C)cc5)c4c3=O)cc21. The van der Waals surface area contributed by atoms with Crippen LogP contribution in [0.1, 0.15) is 62.0 Å². The maximum absolute atomic E-state index is 13.7. The molecular formula is C29H29N3O4S. The van der Waals surface area contributed by atoms with Crippen LogP contribution < -0.4 is 15.2 Å². The fourth-order valence-corrected chi connectivity index (χ4v) is 5.58. The number of rotatable bonds is 7. The number of Topliss-reactive ketones (excluding diaryl/α,β-unsaturated/α-hetero) is 1. The van der Waals surface area contributed by atoms with Crippen molar-refractivity contribution in [1.82, 2.24) is 9.55 Å². The number of hydrogen-bond acceptors (Lipinski definition) is 6. The van der Waals surface area contributed by atoms with Gasteiger partial charge < -0.3 is 9.64 Å². The third-order valence-corrected chi connectivity index (χ3v) is 7.72. The lowest BCUT2D eigenvalue weighted by Crippen LogP contribution is -2.39. The van der Waals surface area contributed by atoms with E-state index in [9.17, 15) is 14.4 Å². The Labute approximate surface area is 219 Å². The minimum Gasteiger partial charge on any atom is -0.482 e. The standard InChI is InChI=1S/C29H29N3O4S/c1-5-12-31-23-13-21(10-11-24(23)36-14-25(31)33)27(34)18(4)32-16-30-28-26(29(32)35)22(15-37-28)20-8-6-19(7-9-20)17(2)3/h6-11,13,15-18H,5,12,14H2,1-4H3. The Morgan fingerprint density at radius 1 is 1.11 bits per heavy atom. The summed E-state index contributed by atoms with van der Waals surface area (Å²) in [6.45, 7) is 8.51. The first kappa shape index (κ1) is 24.9. The second-order valence-corrected chi connectivity index (χ2v) is 10.5. The maximum atomic E-state index is 13.7. The Bertz CT molecular complexity index is 1550. The normalized spacial score (nSPS) is 14.1. The van der Waals surface area contributed by atoms with Gasteiger partial charge in [-0.15, -0.1) is 11.3 Å². The quantitative estimate of drug-likeness (QED) is 0.289. The van der Waals surface area contributed by atoms with E-state index in [1.165, 1.54) is 27.8 Å². The Morgan fingerprint density at radius 3 is 2.57 bits per heavy atom. The van der Waals surface area contributed by atoms with Crippen LogP contribution in [0.4, 0.5) is 5.69 Å². The summed E-state index contributed by atoms with van der Waals surface area (Å²) in [5.41, 5.74) is 3.74. The molecule has 7 nitrogen and oxygen atoms in total. The van der Waals surface area contributed by atoms with Gasteiger partial charge in [0.15, 0.2) is 12.4 Å². The van der Waals surface area contributed by atoms with Crippen LogP contribution in [0.5, 0.6) is 5.75 Å². The molecule has 8 heteroatoms. The van der Waals surface area contributed by atoms with Crippen LogP contribution >= 0.6 is 11.3 Å². The van der Waals surface area contributed by atoms with Crippen LogP contribution in [-0.4, -0.2) is 34.4 Å². The lowest BCUT2D eigenvalue weighted by Gasteiger charge is -2.29. The number of carbonyl (C=O) groups is 2. The van der Waals surface area contributed by atoms with Gasteiger partial charge in [-0.05, 0) is 48.6 Å². The van der Waals surface area contributed by atoms with Crippen molar-refractivity contribution in [2.75, 3.05) is 18.1 Å². The molecular weight excluding hydrogens is 486 g/mol. The molecule has 37 heavy (non-hydrogen) atoms. The minimum absolute atomic E-state index is 0.0130. The molecule has 0 bridgehead atoms. The first-order valence-electron chi connectivity index (χ1n) is 12.5. The van der Waals surface area contributed by atoms with Crippen molar-refractivity contribution >= 4 is 38.9 Å². The number of ether oxygens (including phenoxy) is 1. The van der Waals surface area contributed by atoms with E-state index >= 15 is 0 Å². The predicted octanol–water partition coefficient (Wildman–Crippen LogP) is 5.83. The van der Waals surface area contributed by atoms with E-state index in [4.69, 9.17) is 4.74 Å². The number of carbonyl (C=O) groups excluding carboxylic acids is 2. The molecule has 1 aliphatic rings. The van der Waals surface area contributed by atoms with Gasteiger partial charge in [0.05, 0.1) is 23.4 Å². The van der Waals surface area contributed by atoms with Gasteiger partial charge in [0.2, 0.25) is 0 Å². The highest BCUT2D eigenvalue weighted by Crippen LogP contribution is 2.35. The van der Waals surface area contributed by atoms with Crippen molar-refractivity contribution in [2.24, 2.45) is 0 Å². The lowest BCUT2D eigenvalue weighted by atomic mass is 9.99.